The van der Waals surface area contributed by atoms with Crippen LogP contribution in [0.4, 0.5) is 5.69 Å². The standard InChI is InChI=1S/C17H22N2O2/c1-11-8-12(2)10-13(9-11)19-17(21)15-7-5-4-6-14(15)16(20)18-3/h4-5,8-10,14-15H,6-7H2,1-3H3,(H,18,20)(H,19,21). The lowest BCUT2D eigenvalue weighted by molar-refractivity contribution is -0.132. The van der Waals surface area contributed by atoms with Crippen molar-refractivity contribution >= 4 is 17.5 Å². The second kappa shape index (κ2) is 6.57. The number of hydrogen-bond acceptors (Lipinski definition) is 2. The Balaban J connectivity index is 2.14. The first-order valence-corrected chi connectivity index (χ1v) is 7.27. The third-order valence-corrected chi connectivity index (χ3v) is 3.84. The van der Waals surface area contributed by atoms with Crippen LogP contribution in [0.15, 0.2) is 30.4 Å². The molecule has 2 N–H and O–H groups in total. The van der Waals surface area contributed by atoms with Crippen molar-refractivity contribution in [3.8, 4) is 0 Å². The van der Waals surface area contributed by atoms with Gasteiger partial charge < -0.3 is 10.6 Å². The van der Waals surface area contributed by atoms with Gasteiger partial charge in [0, 0.05) is 12.7 Å². The Labute approximate surface area is 125 Å². The molecule has 1 aromatic carbocycles. The van der Waals surface area contributed by atoms with E-state index in [4.69, 9.17) is 0 Å². The third kappa shape index (κ3) is 3.72. The van der Waals surface area contributed by atoms with Crippen LogP contribution < -0.4 is 10.6 Å². The molecule has 2 unspecified atom stereocenters. The lowest BCUT2D eigenvalue weighted by Crippen LogP contribution is -2.39. The highest BCUT2D eigenvalue weighted by atomic mass is 16.2. The summed E-state index contributed by atoms with van der Waals surface area (Å²) in [4.78, 5) is 24.4. The van der Waals surface area contributed by atoms with E-state index in [1.54, 1.807) is 7.05 Å². The van der Waals surface area contributed by atoms with Crippen LogP contribution in [-0.2, 0) is 9.59 Å². The molecule has 2 amide bonds. The number of nitrogens with one attached hydrogen (secondary N) is 2. The highest BCUT2D eigenvalue weighted by Gasteiger charge is 2.33. The van der Waals surface area contributed by atoms with Gasteiger partial charge in [0.25, 0.3) is 0 Å². The Bertz CT molecular complexity index is 558. The van der Waals surface area contributed by atoms with Gasteiger partial charge >= 0.3 is 0 Å². The maximum atomic E-state index is 12.5. The monoisotopic (exact) mass is 286 g/mol. The van der Waals surface area contributed by atoms with Crippen LogP contribution in [0.3, 0.4) is 0 Å². The first-order valence-electron chi connectivity index (χ1n) is 7.27. The number of hydrogen-bond donors (Lipinski definition) is 2. The van der Waals surface area contributed by atoms with Crippen LogP contribution >= 0.6 is 0 Å². The lowest BCUT2D eigenvalue weighted by Gasteiger charge is -2.26. The van der Waals surface area contributed by atoms with Gasteiger partial charge in [0.2, 0.25) is 11.8 Å². The van der Waals surface area contributed by atoms with Crippen molar-refractivity contribution in [2.75, 3.05) is 12.4 Å². The van der Waals surface area contributed by atoms with Gasteiger partial charge in [0.1, 0.15) is 0 Å². The van der Waals surface area contributed by atoms with Gasteiger partial charge in [-0.25, -0.2) is 0 Å². The van der Waals surface area contributed by atoms with Crippen molar-refractivity contribution in [3.63, 3.8) is 0 Å². The summed E-state index contributed by atoms with van der Waals surface area (Å²) < 4.78 is 0. The molecule has 0 bridgehead atoms. The molecule has 0 aliphatic heterocycles. The fourth-order valence-corrected chi connectivity index (χ4v) is 2.86. The summed E-state index contributed by atoms with van der Waals surface area (Å²) in [5.41, 5.74) is 3.01. The van der Waals surface area contributed by atoms with Gasteiger partial charge in [-0.1, -0.05) is 18.2 Å². The lowest BCUT2D eigenvalue weighted by atomic mass is 9.81. The van der Waals surface area contributed by atoms with Crippen LogP contribution in [0.5, 0.6) is 0 Å². The van der Waals surface area contributed by atoms with E-state index in [9.17, 15) is 9.59 Å². The minimum Gasteiger partial charge on any atom is -0.359 e. The van der Waals surface area contributed by atoms with Gasteiger partial charge in [-0.05, 0) is 49.9 Å². The molecule has 4 heteroatoms. The minimum atomic E-state index is -0.309. The molecule has 1 aromatic rings. The van der Waals surface area contributed by atoms with E-state index in [1.807, 2.05) is 38.1 Å². The summed E-state index contributed by atoms with van der Waals surface area (Å²) >= 11 is 0. The highest BCUT2D eigenvalue weighted by Crippen LogP contribution is 2.27. The third-order valence-electron chi connectivity index (χ3n) is 3.84. The second-order valence-corrected chi connectivity index (χ2v) is 5.64. The molecule has 0 spiro atoms. The predicted octanol–water partition coefficient (Wildman–Crippen LogP) is 2.57. The fourth-order valence-electron chi connectivity index (χ4n) is 2.86. The number of anilines is 1. The van der Waals surface area contributed by atoms with E-state index in [-0.39, 0.29) is 23.7 Å². The highest BCUT2D eigenvalue weighted by molar-refractivity contribution is 5.96. The largest absolute Gasteiger partial charge is 0.359 e. The second-order valence-electron chi connectivity index (χ2n) is 5.64. The van der Waals surface area contributed by atoms with Crippen molar-refractivity contribution in [1.82, 2.24) is 5.32 Å². The van der Waals surface area contributed by atoms with Crippen LogP contribution in [-0.4, -0.2) is 18.9 Å². The smallest absolute Gasteiger partial charge is 0.228 e. The Kier molecular flexibility index (Phi) is 4.78. The number of carbonyl (C=O) groups is 2. The summed E-state index contributed by atoms with van der Waals surface area (Å²) in [5.74, 6) is -0.750. The average molecular weight is 286 g/mol. The summed E-state index contributed by atoms with van der Waals surface area (Å²) in [7, 11) is 1.61. The first-order chi connectivity index (χ1) is 10.0. The van der Waals surface area contributed by atoms with Crippen LogP contribution in [0.1, 0.15) is 24.0 Å². The van der Waals surface area contributed by atoms with Crippen molar-refractivity contribution in [1.29, 1.82) is 0 Å². The van der Waals surface area contributed by atoms with E-state index in [1.165, 1.54) is 0 Å². The van der Waals surface area contributed by atoms with Gasteiger partial charge in [0.15, 0.2) is 0 Å². The van der Waals surface area contributed by atoms with E-state index in [0.717, 1.165) is 16.8 Å². The number of aryl methyl sites for hydroxylation is 2. The predicted molar refractivity (Wildman–Crippen MR) is 84.0 cm³/mol. The van der Waals surface area contributed by atoms with Crippen molar-refractivity contribution in [3.05, 3.63) is 41.5 Å². The Hall–Kier alpha value is -2.10. The molecule has 0 fully saturated rings. The molecule has 0 heterocycles. The Morgan fingerprint density at radius 3 is 2.00 bits per heavy atom. The molecular formula is C17H22N2O2. The SMILES string of the molecule is CNC(=O)C1CC=CCC1C(=O)Nc1cc(C)cc(C)c1. The Morgan fingerprint density at radius 1 is 0.952 bits per heavy atom. The van der Waals surface area contributed by atoms with Gasteiger partial charge in [-0.15, -0.1) is 0 Å². The zero-order valence-electron chi connectivity index (χ0n) is 12.8. The normalized spacial score (nSPS) is 20.9. The van der Waals surface area contributed by atoms with Gasteiger partial charge in [0.05, 0.1) is 11.8 Å². The number of rotatable bonds is 3. The summed E-state index contributed by atoms with van der Waals surface area (Å²) in [5, 5.41) is 5.60. The van der Waals surface area contributed by atoms with Crippen molar-refractivity contribution in [2.24, 2.45) is 11.8 Å². The summed E-state index contributed by atoms with van der Waals surface area (Å²) in [6.45, 7) is 4.00. The molecule has 4 nitrogen and oxygen atoms in total. The molecular weight excluding hydrogens is 264 g/mol. The van der Waals surface area contributed by atoms with Crippen LogP contribution in [0.25, 0.3) is 0 Å². The quantitative estimate of drug-likeness (QED) is 0.839. The topological polar surface area (TPSA) is 58.2 Å². The van der Waals surface area contributed by atoms with E-state index in [2.05, 4.69) is 16.7 Å². The van der Waals surface area contributed by atoms with Crippen molar-refractivity contribution < 1.29 is 9.59 Å². The molecule has 112 valence electrons. The molecule has 1 aliphatic carbocycles. The van der Waals surface area contributed by atoms with Crippen LogP contribution in [0, 0.1) is 25.7 Å². The molecule has 2 rings (SSSR count). The molecule has 2 atom stereocenters. The minimum absolute atomic E-state index is 0.0695. The van der Waals surface area contributed by atoms with Gasteiger partial charge in [-0.2, -0.15) is 0 Å². The van der Waals surface area contributed by atoms with Crippen molar-refractivity contribution in [2.45, 2.75) is 26.7 Å². The molecule has 0 saturated carbocycles. The fraction of sp³-hybridized carbons (Fsp3) is 0.412. The van der Waals surface area contributed by atoms with Gasteiger partial charge in [-0.3, -0.25) is 9.59 Å². The number of carbonyl (C=O) groups excluding carboxylic acids is 2. The molecule has 0 aromatic heterocycles. The summed E-state index contributed by atoms with van der Waals surface area (Å²) in [6.07, 6.45) is 5.17. The Morgan fingerprint density at radius 2 is 1.48 bits per heavy atom. The maximum Gasteiger partial charge on any atom is 0.228 e. The summed E-state index contributed by atoms with van der Waals surface area (Å²) in [6, 6.07) is 5.95. The van der Waals surface area contributed by atoms with Crippen LogP contribution in [0.2, 0.25) is 0 Å². The number of amides is 2. The molecule has 1 aliphatic rings. The molecule has 21 heavy (non-hydrogen) atoms. The maximum absolute atomic E-state index is 12.5. The van der Waals surface area contributed by atoms with E-state index >= 15 is 0 Å². The zero-order valence-corrected chi connectivity index (χ0v) is 12.8. The molecule has 0 radical (unpaired) electrons. The van der Waals surface area contributed by atoms with E-state index < -0.39 is 0 Å². The number of allylic oxidation sites excluding steroid dienone is 2. The first kappa shape index (κ1) is 15.3. The zero-order chi connectivity index (χ0) is 15.4. The number of benzene rings is 1. The molecule has 0 saturated heterocycles. The average Bonchev–Trinajstić information content (AvgIpc) is 2.45. The van der Waals surface area contributed by atoms with E-state index in [0.29, 0.717) is 12.8 Å².